The molecule has 2 heterocycles. The van der Waals surface area contributed by atoms with Gasteiger partial charge < -0.3 is 5.32 Å². The van der Waals surface area contributed by atoms with Crippen LogP contribution in [0.15, 0.2) is 10.9 Å². The Labute approximate surface area is 134 Å². The molecule has 1 aliphatic rings. The van der Waals surface area contributed by atoms with Gasteiger partial charge in [0.25, 0.3) is 5.56 Å². The fraction of sp³-hybridized carbons (Fsp3) is 0.688. The Bertz CT molecular complexity index is 693. The minimum atomic E-state index is -0.0766. The molecule has 1 aliphatic carbocycles. The molecule has 1 fully saturated rings. The van der Waals surface area contributed by atoms with E-state index < -0.39 is 0 Å². The zero-order valence-corrected chi connectivity index (χ0v) is 14.2. The molecule has 2 aromatic rings. The number of aromatic nitrogens is 3. The Morgan fingerprint density at radius 2 is 2.23 bits per heavy atom. The second kappa shape index (κ2) is 6.77. The Hall–Kier alpha value is -1.43. The van der Waals surface area contributed by atoms with Gasteiger partial charge in [-0.2, -0.15) is 4.52 Å². The molecule has 0 radical (unpaired) electrons. The van der Waals surface area contributed by atoms with Gasteiger partial charge in [0.2, 0.25) is 10.1 Å². The maximum absolute atomic E-state index is 12.1. The largest absolute Gasteiger partial charge is 0.357 e. The lowest BCUT2D eigenvalue weighted by atomic mass is 10.0. The number of nitrogens with one attached hydrogen (secondary N) is 1. The summed E-state index contributed by atoms with van der Waals surface area (Å²) < 4.78 is 1.42. The highest BCUT2D eigenvalue weighted by Gasteiger charge is 2.18. The summed E-state index contributed by atoms with van der Waals surface area (Å²) in [5.74, 6) is 0.822. The lowest BCUT2D eigenvalue weighted by molar-refractivity contribution is 0.502. The molecule has 2 aromatic heterocycles. The van der Waals surface area contributed by atoms with E-state index in [0.29, 0.717) is 11.0 Å². The molecule has 120 valence electrons. The van der Waals surface area contributed by atoms with Gasteiger partial charge in [0.1, 0.15) is 0 Å². The van der Waals surface area contributed by atoms with Gasteiger partial charge in [0.05, 0.1) is 0 Å². The summed E-state index contributed by atoms with van der Waals surface area (Å²) in [4.78, 5) is 17.4. The van der Waals surface area contributed by atoms with Crippen molar-refractivity contribution in [2.45, 2.75) is 64.8 Å². The van der Waals surface area contributed by atoms with E-state index in [1.165, 1.54) is 48.0 Å². The van der Waals surface area contributed by atoms with Crippen LogP contribution in [0.4, 0.5) is 5.13 Å². The fourth-order valence-corrected chi connectivity index (χ4v) is 4.01. The molecule has 0 amide bonds. The van der Waals surface area contributed by atoms with E-state index in [2.05, 4.69) is 29.2 Å². The van der Waals surface area contributed by atoms with Crippen LogP contribution >= 0.6 is 11.3 Å². The molecule has 0 aliphatic heterocycles. The van der Waals surface area contributed by atoms with E-state index in [9.17, 15) is 4.79 Å². The van der Waals surface area contributed by atoms with E-state index in [0.717, 1.165) is 29.6 Å². The molecule has 0 saturated heterocycles. The molecule has 1 N–H and O–H groups in total. The molecule has 1 saturated carbocycles. The van der Waals surface area contributed by atoms with E-state index >= 15 is 0 Å². The van der Waals surface area contributed by atoms with E-state index in [1.807, 2.05) is 0 Å². The summed E-state index contributed by atoms with van der Waals surface area (Å²) >= 11 is 1.48. The van der Waals surface area contributed by atoms with E-state index in [-0.39, 0.29) is 5.56 Å². The Morgan fingerprint density at radius 3 is 3.05 bits per heavy atom. The van der Waals surface area contributed by atoms with E-state index in [4.69, 9.17) is 0 Å². The van der Waals surface area contributed by atoms with Crippen LogP contribution < -0.4 is 10.9 Å². The summed E-state index contributed by atoms with van der Waals surface area (Å²) in [5.41, 5.74) is 0.790. The highest BCUT2D eigenvalue weighted by atomic mass is 32.1. The van der Waals surface area contributed by atoms with Gasteiger partial charge >= 0.3 is 0 Å². The topological polar surface area (TPSA) is 59.3 Å². The first-order valence-corrected chi connectivity index (χ1v) is 9.13. The average Bonchev–Trinajstić information content (AvgIpc) is 2.77. The van der Waals surface area contributed by atoms with Crippen LogP contribution in [0.5, 0.6) is 0 Å². The van der Waals surface area contributed by atoms with Crippen molar-refractivity contribution in [1.82, 2.24) is 14.6 Å². The maximum atomic E-state index is 12.1. The summed E-state index contributed by atoms with van der Waals surface area (Å²) in [6, 6.07) is 2.07. The lowest BCUT2D eigenvalue weighted by Gasteiger charge is -2.14. The Balaban J connectivity index is 1.79. The van der Waals surface area contributed by atoms with Gasteiger partial charge in [-0.05, 0) is 31.6 Å². The van der Waals surface area contributed by atoms with Gasteiger partial charge in [-0.15, -0.1) is 5.10 Å². The summed E-state index contributed by atoms with van der Waals surface area (Å²) in [7, 11) is 0. The molecule has 2 unspecified atom stereocenters. The molecule has 6 heteroatoms. The molecular formula is C16H24N4OS. The predicted octanol–water partition coefficient (Wildman–Crippen LogP) is 3.48. The van der Waals surface area contributed by atoms with Crippen molar-refractivity contribution in [3.63, 3.8) is 0 Å². The monoisotopic (exact) mass is 320 g/mol. The Morgan fingerprint density at radius 1 is 1.36 bits per heavy atom. The third kappa shape index (κ3) is 3.48. The molecule has 3 rings (SSSR count). The van der Waals surface area contributed by atoms with Crippen LogP contribution in [-0.4, -0.2) is 20.6 Å². The second-order valence-electron chi connectivity index (χ2n) is 6.39. The van der Waals surface area contributed by atoms with Gasteiger partial charge in [0.15, 0.2) is 0 Å². The normalized spacial score (nSPS) is 22.6. The lowest BCUT2D eigenvalue weighted by Crippen LogP contribution is -2.19. The van der Waals surface area contributed by atoms with Crippen LogP contribution in [0.25, 0.3) is 4.96 Å². The van der Waals surface area contributed by atoms with E-state index in [1.54, 1.807) is 6.07 Å². The van der Waals surface area contributed by atoms with Crippen LogP contribution in [0, 0.1) is 5.92 Å². The third-order valence-corrected chi connectivity index (χ3v) is 5.23. The zero-order valence-electron chi connectivity index (χ0n) is 13.3. The molecule has 0 bridgehead atoms. The molecular weight excluding hydrogens is 296 g/mol. The van der Waals surface area contributed by atoms with Crippen LogP contribution in [0.1, 0.15) is 58.1 Å². The molecule has 2 atom stereocenters. The summed E-state index contributed by atoms with van der Waals surface area (Å²) in [6.45, 7) is 4.43. The van der Waals surface area contributed by atoms with Crippen molar-refractivity contribution in [2.24, 2.45) is 5.92 Å². The number of hydrogen-bond donors (Lipinski definition) is 1. The molecule has 5 nitrogen and oxygen atoms in total. The number of hydrogen-bond acceptors (Lipinski definition) is 5. The van der Waals surface area contributed by atoms with Gasteiger partial charge in [-0.3, -0.25) is 4.79 Å². The smallest absolute Gasteiger partial charge is 0.275 e. The Kier molecular flexibility index (Phi) is 4.76. The minimum absolute atomic E-state index is 0.0766. The first-order valence-electron chi connectivity index (χ1n) is 8.32. The highest BCUT2D eigenvalue weighted by Crippen LogP contribution is 2.26. The standard InChI is InChI=1S/C16H24N4OS/c1-3-5-13-10-14(21)20-16(18-13)22-15(19-20)17-12-7-4-6-11(2)8-9-12/h10-12H,3-9H2,1-2H3,(H,17,19). The fourth-order valence-electron chi connectivity index (χ4n) is 3.10. The number of rotatable bonds is 4. The molecule has 0 spiro atoms. The SMILES string of the molecule is CCCc1cc(=O)n2nc(NC3CCCC(C)CC3)sc2n1. The summed E-state index contributed by atoms with van der Waals surface area (Å²) in [5, 5.41) is 8.74. The molecule has 22 heavy (non-hydrogen) atoms. The molecule has 0 aromatic carbocycles. The van der Waals surface area contributed by atoms with Gasteiger partial charge in [0, 0.05) is 17.8 Å². The van der Waals surface area contributed by atoms with Crippen LogP contribution in [-0.2, 0) is 6.42 Å². The quantitative estimate of drug-likeness (QED) is 0.876. The van der Waals surface area contributed by atoms with Crippen molar-refractivity contribution in [1.29, 1.82) is 0 Å². The zero-order chi connectivity index (χ0) is 15.5. The maximum Gasteiger partial charge on any atom is 0.275 e. The van der Waals surface area contributed by atoms with Crippen molar-refractivity contribution < 1.29 is 0 Å². The number of fused-ring (bicyclic) bond motifs is 1. The minimum Gasteiger partial charge on any atom is -0.357 e. The number of anilines is 1. The second-order valence-corrected chi connectivity index (χ2v) is 7.35. The van der Waals surface area contributed by atoms with Crippen LogP contribution in [0.2, 0.25) is 0 Å². The van der Waals surface area contributed by atoms with Crippen molar-refractivity contribution in [2.75, 3.05) is 5.32 Å². The number of aryl methyl sites for hydroxylation is 1. The first kappa shape index (κ1) is 15.5. The van der Waals surface area contributed by atoms with Crippen molar-refractivity contribution >= 4 is 21.4 Å². The predicted molar refractivity (Wildman–Crippen MR) is 90.8 cm³/mol. The first-order chi connectivity index (χ1) is 10.7. The summed E-state index contributed by atoms with van der Waals surface area (Å²) in [6.07, 6.45) is 8.05. The average molecular weight is 320 g/mol. The van der Waals surface area contributed by atoms with Gasteiger partial charge in [-0.1, -0.05) is 44.4 Å². The van der Waals surface area contributed by atoms with Gasteiger partial charge in [-0.25, -0.2) is 4.98 Å². The van der Waals surface area contributed by atoms with Crippen molar-refractivity contribution in [3.8, 4) is 0 Å². The third-order valence-electron chi connectivity index (χ3n) is 4.39. The highest BCUT2D eigenvalue weighted by molar-refractivity contribution is 7.20. The van der Waals surface area contributed by atoms with Crippen molar-refractivity contribution in [3.05, 3.63) is 22.1 Å². The van der Waals surface area contributed by atoms with Crippen LogP contribution in [0.3, 0.4) is 0 Å². The number of nitrogens with zero attached hydrogens (tertiary/aromatic N) is 3.